The monoisotopic (exact) mass is 322 g/mol. The highest BCUT2D eigenvalue weighted by molar-refractivity contribution is 6.32. The van der Waals surface area contributed by atoms with E-state index >= 15 is 0 Å². The van der Waals surface area contributed by atoms with Gasteiger partial charge in [0.2, 0.25) is 0 Å². The molecule has 22 heavy (non-hydrogen) atoms. The zero-order valence-corrected chi connectivity index (χ0v) is 13.1. The van der Waals surface area contributed by atoms with Gasteiger partial charge in [-0.25, -0.2) is 9.48 Å². The molecule has 0 aliphatic carbocycles. The Morgan fingerprint density at radius 2 is 2.05 bits per heavy atom. The zero-order valence-electron chi connectivity index (χ0n) is 12.3. The fourth-order valence-corrected chi connectivity index (χ4v) is 2.11. The van der Waals surface area contributed by atoms with Crippen molar-refractivity contribution >= 4 is 23.5 Å². The smallest absolute Gasteiger partial charge is 0.328 e. The maximum atomic E-state index is 12.2. The Hall–Kier alpha value is -2.41. The van der Waals surface area contributed by atoms with E-state index in [9.17, 15) is 9.59 Å². The molecule has 2 aromatic rings. The number of hydrogen-bond donors (Lipinski definition) is 1. The minimum absolute atomic E-state index is 0.121. The Labute approximate surface area is 132 Å². The van der Waals surface area contributed by atoms with Gasteiger partial charge in [0.15, 0.2) is 5.69 Å². The molecule has 0 aliphatic heterocycles. The number of esters is 1. The van der Waals surface area contributed by atoms with Crippen LogP contribution in [0.1, 0.15) is 23.1 Å². The number of ether oxygens (including phenoxy) is 1. The molecule has 0 fully saturated rings. The van der Waals surface area contributed by atoms with Crippen LogP contribution in [0.25, 0.3) is 5.69 Å². The minimum atomic E-state index is -0.776. The average Bonchev–Trinajstić information content (AvgIpc) is 2.88. The lowest BCUT2D eigenvalue weighted by Gasteiger charge is -2.10. The summed E-state index contributed by atoms with van der Waals surface area (Å²) < 4.78 is 6.03. The Balaban J connectivity index is 2.26. The molecule has 0 saturated carbocycles. The molecule has 1 heterocycles. The Kier molecular flexibility index (Phi) is 4.77. The molecule has 1 aromatic carbocycles. The number of amides is 1. The van der Waals surface area contributed by atoms with Crippen LogP contribution in [0.5, 0.6) is 0 Å². The lowest BCUT2D eigenvalue weighted by molar-refractivity contribution is -0.142. The predicted molar refractivity (Wildman–Crippen MR) is 80.1 cm³/mol. The summed E-state index contributed by atoms with van der Waals surface area (Å²) in [6, 6.07) is 6.31. The maximum absolute atomic E-state index is 12.2. The summed E-state index contributed by atoms with van der Waals surface area (Å²) in [6.07, 6.45) is 0. The quantitative estimate of drug-likeness (QED) is 0.862. The molecule has 7 nitrogen and oxygen atoms in total. The van der Waals surface area contributed by atoms with Crippen LogP contribution in [0, 0.1) is 6.92 Å². The molecule has 1 amide bonds. The van der Waals surface area contributed by atoms with E-state index in [4.69, 9.17) is 11.6 Å². The number of benzene rings is 1. The SMILES string of the molecule is COC(=O)[C@H](C)NC(=O)c1nnn(-c2ccccc2Cl)c1C. The molecule has 1 aromatic heterocycles. The molecule has 1 atom stereocenters. The third-order valence-electron chi connectivity index (χ3n) is 3.09. The van der Waals surface area contributed by atoms with E-state index in [0.717, 1.165) is 0 Å². The summed E-state index contributed by atoms with van der Waals surface area (Å²) in [6.45, 7) is 3.22. The summed E-state index contributed by atoms with van der Waals surface area (Å²) in [7, 11) is 1.25. The first-order valence-electron chi connectivity index (χ1n) is 6.51. The van der Waals surface area contributed by atoms with Crippen LogP contribution in [-0.4, -0.2) is 40.0 Å². The summed E-state index contributed by atoms with van der Waals surface area (Å²) >= 11 is 6.11. The Morgan fingerprint density at radius 1 is 1.36 bits per heavy atom. The van der Waals surface area contributed by atoms with Gasteiger partial charge < -0.3 is 10.1 Å². The van der Waals surface area contributed by atoms with Crippen LogP contribution in [0.2, 0.25) is 5.02 Å². The average molecular weight is 323 g/mol. The third-order valence-corrected chi connectivity index (χ3v) is 3.41. The van der Waals surface area contributed by atoms with Gasteiger partial charge in [-0.05, 0) is 26.0 Å². The number of carbonyl (C=O) groups excluding carboxylic acids is 2. The van der Waals surface area contributed by atoms with E-state index in [-0.39, 0.29) is 5.69 Å². The number of aromatic nitrogens is 3. The fraction of sp³-hybridized carbons (Fsp3) is 0.286. The van der Waals surface area contributed by atoms with Crippen LogP contribution in [0.4, 0.5) is 0 Å². The first-order valence-corrected chi connectivity index (χ1v) is 6.89. The van der Waals surface area contributed by atoms with Gasteiger partial charge in [0.05, 0.1) is 23.5 Å². The van der Waals surface area contributed by atoms with E-state index < -0.39 is 17.9 Å². The Morgan fingerprint density at radius 3 is 2.68 bits per heavy atom. The van der Waals surface area contributed by atoms with Gasteiger partial charge in [0.1, 0.15) is 6.04 Å². The number of nitrogens with one attached hydrogen (secondary N) is 1. The van der Waals surface area contributed by atoms with Crippen molar-refractivity contribution in [1.29, 1.82) is 0 Å². The van der Waals surface area contributed by atoms with Crippen molar-refractivity contribution in [3.8, 4) is 5.69 Å². The number of rotatable bonds is 4. The molecule has 0 unspecified atom stereocenters. The number of para-hydroxylation sites is 1. The molecule has 0 saturated heterocycles. The second-order valence-corrected chi connectivity index (χ2v) is 5.01. The molecule has 8 heteroatoms. The molecule has 0 bridgehead atoms. The Bertz CT molecular complexity index is 714. The van der Waals surface area contributed by atoms with Crippen molar-refractivity contribution in [2.24, 2.45) is 0 Å². The summed E-state index contributed by atoms with van der Waals surface area (Å²) in [5.41, 5.74) is 1.26. The highest BCUT2D eigenvalue weighted by Gasteiger charge is 2.22. The number of carbonyl (C=O) groups is 2. The van der Waals surface area contributed by atoms with Crippen molar-refractivity contribution in [3.05, 3.63) is 40.7 Å². The molecular weight excluding hydrogens is 308 g/mol. The number of hydrogen-bond acceptors (Lipinski definition) is 5. The van der Waals surface area contributed by atoms with Crippen molar-refractivity contribution in [2.75, 3.05) is 7.11 Å². The van der Waals surface area contributed by atoms with E-state index in [0.29, 0.717) is 16.4 Å². The molecule has 2 rings (SSSR count). The summed E-state index contributed by atoms with van der Waals surface area (Å²) in [4.78, 5) is 23.5. The van der Waals surface area contributed by atoms with Crippen LogP contribution in [0.15, 0.2) is 24.3 Å². The van der Waals surface area contributed by atoms with Crippen LogP contribution in [-0.2, 0) is 9.53 Å². The molecular formula is C14H15ClN4O3. The minimum Gasteiger partial charge on any atom is -0.467 e. The number of methoxy groups -OCH3 is 1. The van der Waals surface area contributed by atoms with Crippen LogP contribution in [0.3, 0.4) is 0 Å². The summed E-state index contributed by atoms with van der Waals surface area (Å²) in [5, 5.41) is 10.8. The van der Waals surface area contributed by atoms with E-state index in [1.54, 1.807) is 31.2 Å². The lowest BCUT2D eigenvalue weighted by atomic mass is 10.2. The van der Waals surface area contributed by atoms with Crippen LogP contribution < -0.4 is 5.32 Å². The zero-order chi connectivity index (χ0) is 16.3. The second kappa shape index (κ2) is 6.57. The predicted octanol–water partition coefficient (Wildman–Crippen LogP) is 1.52. The topological polar surface area (TPSA) is 86.1 Å². The first-order chi connectivity index (χ1) is 10.5. The fourth-order valence-electron chi connectivity index (χ4n) is 1.89. The molecule has 0 radical (unpaired) electrons. The van der Waals surface area contributed by atoms with Gasteiger partial charge in [-0.15, -0.1) is 5.10 Å². The van der Waals surface area contributed by atoms with Crippen molar-refractivity contribution < 1.29 is 14.3 Å². The summed E-state index contributed by atoms with van der Waals surface area (Å²) in [5.74, 6) is -1.04. The molecule has 116 valence electrons. The maximum Gasteiger partial charge on any atom is 0.328 e. The van der Waals surface area contributed by atoms with E-state index in [2.05, 4.69) is 20.4 Å². The van der Waals surface area contributed by atoms with Crippen LogP contribution >= 0.6 is 11.6 Å². The number of halogens is 1. The highest BCUT2D eigenvalue weighted by atomic mass is 35.5. The van der Waals surface area contributed by atoms with E-state index in [1.807, 2.05) is 0 Å². The van der Waals surface area contributed by atoms with Gasteiger partial charge in [0, 0.05) is 0 Å². The second-order valence-electron chi connectivity index (χ2n) is 4.60. The highest BCUT2D eigenvalue weighted by Crippen LogP contribution is 2.21. The number of nitrogens with zero attached hydrogens (tertiary/aromatic N) is 3. The third kappa shape index (κ3) is 3.09. The van der Waals surface area contributed by atoms with Gasteiger partial charge in [-0.1, -0.05) is 28.9 Å². The molecule has 0 aliphatic rings. The van der Waals surface area contributed by atoms with Crippen molar-refractivity contribution in [3.63, 3.8) is 0 Å². The van der Waals surface area contributed by atoms with Gasteiger partial charge in [0.25, 0.3) is 5.91 Å². The standard InChI is InChI=1S/C14H15ClN4O3/c1-8(14(21)22-3)16-13(20)12-9(2)19(18-17-12)11-7-5-4-6-10(11)15/h4-8H,1-3H3,(H,16,20)/t8-/m0/s1. The molecule has 1 N–H and O–H groups in total. The van der Waals surface area contributed by atoms with Crippen molar-refractivity contribution in [2.45, 2.75) is 19.9 Å². The lowest BCUT2D eigenvalue weighted by Crippen LogP contribution is -2.39. The van der Waals surface area contributed by atoms with Crippen molar-refractivity contribution in [1.82, 2.24) is 20.3 Å². The normalized spacial score (nSPS) is 11.8. The largest absolute Gasteiger partial charge is 0.467 e. The van der Waals surface area contributed by atoms with E-state index in [1.165, 1.54) is 18.7 Å². The van der Waals surface area contributed by atoms with Gasteiger partial charge in [-0.2, -0.15) is 0 Å². The van der Waals surface area contributed by atoms with Gasteiger partial charge >= 0.3 is 5.97 Å². The molecule has 0 spiro atoms. The van der Waals surface area contributed by atoms with Gasteiger partial charge in [-0.3, -0.25) is 4.79 Å². The first kappa shape index (κ1) is 16.0.